The molecule has 0 unspecified atom stereocenters. The highest BCUT2D eigenvalue weighted by Crippen LogP contribution is 2.22. The Morgan fingerprint density at radius 2 is 1.94 bits per heavy atom. The second kappa shape index (κ2) is 6.16. The van der Waals surface area contributed by atoms with Gasteiger partial charge in [-0.1, -0.05) is 6.92 Å². The molecule has 0 aromatic heterocycles. The standard InChI is InChI=1S/C14H22FN3/c1-3-16-11-12-10-13(15)4-5-14(12)18-8-6-17(2)7-9-18/h4-5,10,16H,3,6-9,11H2,1-2H3. The molecule has 0 aliphatic carbocycles. The van der Waals surface area contributed by atoms with E-state index in [-0.39, 0.29) is 5.82 Å². The molecule has 1 heterocycles. The summed E-state index contributed by atoms with van der Waals surface area (Å²) in [6.45, 7) is 7.86. The van der Waals surface area contributed by atoms with Crippen LogP contribution in [-0.4, -0.2) is 44.7 Å². The van der Waals surface area contributed by atoms with Crippen molar-refractivity contribution in [1.82, 2.24) is 10.2 Å². The largest absolute Gasteiger partial charge is 0.369 e. The molecule has 18 heavy (non-hydrogen) atoms. The Kier molecular flexibility index (Phi) is 4.55. The van der Waals surface area contributed by atoms with Crippen LogP contribution in [-0.2, 0) is 6.54 Å². The summed E-state index contributed by atoms with van der Waals surface area (Å²) in [5.74, 6) is -0.152. The third-order valence-electron chi connectivity index (χ3n) is 3.45. The van der Waals surface area contributed by atoms with Gasteiger partial charge < -0.3 is 15.1 Å². The quantitative estimate of drug-likeness (QED) is 0.878. The molecule has 0 radical (unpaired) electrons. The van der Waals surface area contributed by atoms with Gasteiger partial charge in [0.05, 0.1) is 0 Å². The van der Waals surface area contributed by atoms with E-state index in [1.54, 1.807) is 12.1 Å². The van der Waals surface area contributed by atoms with Gasteiger partial charge in [-0.05, 0) is 37.4 Å². The average Bonchev–Trinajstić information content (AvgIpc) is 2.38. The van der Waals surface area contributed by atoms with Crippen molar-refractivity contribution >= 4 is 5.69 Å². The first-order chi connectivity index (χ1) is 8.70. The number of benzene rings is 1. The molecule has 2 rings (SSSR count). The lowest BCUT2D eigenvalue weighted by Crippen LogP contribution is -2.45. The highest BCUT2D eigenvalue weighted by Gasteiger charge is 2.17. The SMILES string of the molecule is CCNCc1cc(F)ccc1N1CCN(C)CC1. The Labute approximate surface area is 109 Å². The molecular formula is C14H22FN3. The van der Waals surface area contributed by atoms with Crippen LogP contribution in [0.5, 0.6) is 0 Å². The molecule has 1 aliphatic rings. The van der Waals surface area contributed by atoms with Gasteiger partial charge in [0.1, 0.15) is 5.82 Å². The molecule has 0 amide bonds. The zero-order valence-electron chi connectivity index (χ0n) is 11.2. The maximum atomic E-state index is 13.3. The lowest BCUT2D eigenvalue weighted by Gasteiger charge is -2.35. The van der Waals surface area contributed by atoms with Gasteiger partial charge in [-0.2, -0.15) is 0 Å². The summed E-state index contributed by atoms with van der Waals surface area (Å²) < 4.78 is 13.3. The minimum atomic E-state index is -0.152. The summed E-state index contributed by atoms with van der Waals surface area (Å²) in [5.41, 5.74) is 2.23. The molecule has 1 aromatic rings. The minimum absolute atomic E-state index is 0.152. The van der Waals surface area contributed by atoms with Gasteiger partial charge in [-0.15, -0.1) is 0 Å². The van der Waals surface area contributed by atoms with Crippen LogP contribution in [0.4, 0.5) is 10.1 Å². The number of rotatable bonds is 4. The lowest BCUT2D eigenvalue weighted by atomic mass is 10.1. The molecular weight excluding hydrogens is 229 g/mol. The van der Waals surface area contributed by atoms with Gasteiger partial charge in [0, 0.05) is 38.4 Å². The van der Waals surface area contributed by atoms with Gasteiger partial charge >= 0.3 is 0 Å². The Bertz CT molecular complexity index is 387. The molecule has 1 fully saturated rings. The third kappa shape index (κ3) is 3.21. The Hall–Kier alpha value is -1.13. The number of nitrogens with zero attached hydrogens (tertiary/aromatic N) is 2. The molecule has 4 heteroatoms. The van der Waals surface area contributed by atoms with E-state index in [2.05, 4.69) is 29.1 Å². The fraction of sp³-hybridized carbons (Fsp3) is 0.571. The van der Waals surface area contributed by atoms with Crippen LogP contribution in [0.1, 0.15) is 12.5 Å². The monoisotopic (exact) mass is 251 g/mol. The first kappa shape index (κ1) is 13.3. The average molecular weight is 251 g/mol. The molecule has 0 saturated carbocycles. The van der Waals surface area contributed by atoms with Crippen molar-refractivity contribution in [2.45, 2.75) is 13.5 Å². The van der Waals surface area contributed by atoms with Crippen molar-refractivity contribution in [3.63, 3.8) is 0 Å². The Balaban J connectivity index is 2.15. The van der Waals surface area contributed by atoms with Gasteiger partial charge in [-0.25, -0.2) is 4.39 Å². The Morgan fingerprint density at radius 1 is 1.22 bits per heavy atom. The molecule has 0 atom stereocenters. The van der Waals surface area contributed by atoms with Crippen LogP contribution < -0.4 is 10.2 Å². The molecule has 1 aromatic carbocycles. The Morgan fingerprint density at radius 3 is 2.61 bits per heavy atom. The van der Waals surface area contributed by atoms with Crippen molar-refractivity contribution in [3.05, 3.63) is 29.6 Å². The van der Waals surface area contributed by atoms with Crippen molar-refractivity contribution < 1.29 is 4.39 Å². The number of halogens is 1. The summed E-state index contributed by atoms with van der Waals surface area (Å²) in [5, 5.41) is 3.28. The molecule has 1 N–H and O–H groups in total. The van der Waals surface area contributed by atoms with Crippen LogP contribution in [0, 0.1) is 5.82 Å². The van der Waals surface area contributed by atoms with E-state index in [4.69, 9.17) is 0 Å². The number of hydrogen-bond donors (Lipinski definition) is 1. The first-order valence-corrected chi connectivity index (χ1v) is 6.63. The summed E-state index contributed by atoms with van der Waals surface area (Å²) in [7, 11) is 2.14. The normalized spacial score (nSPS) is 17.2. The van der Waals surface area contributed by atoms with Crippen LogP contribution in [0.2, 0.25) is 0 Å². The van der Waals surface area contributed by atoms with Gasteiger partial charge in [0.25, 0.3) is 0 Å². The fourth-order valence-electron chi connectivity index (χ4n) is 2.31. The van der Waals surface area contributed by atoms with Crippen molar-refractivity contribution in [2.75, 3.05) is 44.7 Å². The summed E-state index contributed by atoms with van der Waals surface area (Å²) in [4.78, 5) is 4.68. The molecule has 0 spiro atoms. The maximum absolute atomic E-state index is 13.3. The molecule has 1 aliphatic heterocycles. The van der Waals surface area contributed by atoms with Crippen molar-refractivity contribution in [1.29, 1.82) is 0 Å². The zero-order valence-corrected chi connectivity index (χ0v) is 11.2. The van der Waals surface area contributed by atoms with Crippen molar-refractivity contribution in [3.8, 4) is 0 Å². The summed E-state index contributed by atoms with van der Waals surface area (Å²) >= 11 is 0. The highest BCUT2D eigenvalue weighted by molar-refractivity contribution is 5.54. The van der Waals surface area contributed by atoms with E-state index in [0.717, 1.165) is 44.8 Å². The topological polar surface area (TPSA) is 18.5 Å². The van der Waals surface area contributed by atoms with E-state index in [0.29, 0.717) is 0 Å². The summed E-state index contributed by atoms with van der Waals surface area (Å²) in [6, 6.07) is 5.12. The number of nitrogens with one attached hydrogen (secondary N) is 1. The highest BCUT2D eigenvalue weighted by atomic mass is 19.1. The third-order valence-corrected chi connectivity index (χ3v) is 3.45. The van der Waals surface area contributed by atoms with E-state index in [9.17, 15) is 4.39 Å². The molecule has 100 valence electrons. The smallest absolute Gasteiger partial charge is 0.123 e. The van der Waals surface area contributed by atoms with Crippen LogP contribution in [0.3, 0.4) is 0 Å². The number of likely N-dealkylation sites (N-methyl/N-ethyl adjacent to an activating group) is 1. The van der Waals surface area contributed by atoms with E-state index in [1.165, 1.54) is 5.69 Å². The number of piperazine rings is 1. The summed E-state index contributed by atoms with van der Waals surface area (Å²) in [6.07, 6.45) is 0. The number of anilines is 1. The van der Waals surface area contributed by atoms with Gasteiger partial charge in [0.15, 0.2) is 0 Å². The first-order valence-electron chi connectivity index (χ1n) is 6.63. The van der Waals surface area contributed by atoms with Crippen LogP contribution in [0.15, 0.2) is 18.2 Å². The molecule has 3 nitrogen and oxygen atoms in total. The maximum Gasteiger partial charge on any atom is 0.123 e. The lowest BCUT2D eigenvalue weighted by molar-refractivity contribution is 0.312. The fourth-order valence-corrected chi connectivity index (χ4v) is 2.31. The number of hydrogen-bond acceptors (Lipinski definition) is 3. The zero-order chi connectivity index (χ0) is 13.0. The molecule has 0 bridgehead atoms. The minimum Gasteiger partial charge on any atom is -0.369 e. The van der Waals surface area contributed by atoms with Crippen molar-refractivity contribution in [2.24, 2.45) is 0 Å². The second-order valence-electron chi connectivity index (χ2n) is 4.84. The molecule has 1 saturated heterocycles. The van der Waals surface area contributed by atoms with Crippen LogP contribution in [0.25, 0.3) is 0 Å². The predicted molar refractivity (Wildman–Crippen MR) is 73.5 cm³/mol. The van der Waals surface area contributed by atoms with E-state index < -0.39 is 0 Å². The van der Waals surface area contributed by atoms with Gasteiger partial charge in [0.2, 0.25) is 0 Å². The van der Waals surface area contributed by atoms with E-state index in [1.807, 2.05) is 6.07 Å². The predicted octanol–water partition coefficient (Wildman–Crippen LogP) is 1.69. The second-order valence-corrected chi connectivity index (χ2v) is 4.84. The van der Waals surface area contributed by atoms with Crippen LogP contribution >= 0.6 is 0 Å². The van der Waals surface area contributed by atoms with E-state index >= 15 is 0 Å². The van der Waals surface area contributed by atoms with Gasteiger partial charge in [-0.3, -0.25) is 0 Å².